The number of hydrogen-bond acceptors (Lipinski definition) is 2. The number of rotatable bonds is 5. The quantitative estimate of drug-likeness (QED) is 0.893. The van der Waals surface area contributed by atoms with Crippen LogP contribution in [-0.2, 0) is 6.42 Å². The van der Waals surface area contributed by atoms with Crippen LogP contribution >= 0.6 is 15.9 Å². The summed E-state index contributed by atoms with van der Waals surface area (Å²) in [5.41, 5.74) is 1.32. The minimum Gasteiger partial charge on any atom is -0.496 e. The maximum Gasteiger partial charge on any atom is 0.122 e. The molecule has 1 N–H and O–H groups in total. The Bertz CT molecular complexity index is 394. The predicted molar refractivity (Wildman–Crippen MR) is 79.2 cm³/mol. The average Bonchev–Trinajstić information content (AvgIpc) is 2.78. The molecule has 18 heavy (non-hydrogen) atoms. The van der Waals surface area contributed by atoms with Gasteiger partial charge >= 0.3 is 0 Å². The van der Waals surface area contributed by atoms with Crippen LogP contribution in [0.25, 0.3) is 0 Å². The molecule has 3 heteroatoms. The highest BCUT2D eigenvalue weighted by atomic mass is 79.9. The topological polar surface area (TPSA) is 21.3 Å². The van der Waals surface area contributed by atoms with Crippen LogP contribution in [0.5, 0.6) is 5.75 Å². The highest BCUT2D eigenvalue weighted by molar-refractivity contribution is 9.10. The summed E-state index contributed by atoms with van der Waals surface area (Å²) in [5.74, 6) is 1.76. The molecule has 2 atom stereocenters. The number of methoxy groups -OCH3 is 1. The molecule has 0 aromatic heterocycles. The SMILES string of the molecule is CCNC1CCCC1Cc1cc(Br)ccc1OC. The normalized spacial score (nSPS) is 23.3. The van der Waals surface area contributed by atoms with E-state index < -0.39 is 0 Å². The molecular weight excluding hydrogens is 290 g/mol. The molecule has 2 nitrogen and oxygen atoms in total. The van der Waals surface area contributed by atoms with Crippen LogP contribution in [0.4, 0.5) is 0 Å². The molecule has 1 fully saturated rings. The van der Waals surface area contributed by atoms with Crippen LogP contribution in [-0.4, -0.2) is 19.7 Å². The summed E-state index contributed by atoms with van der Waals surface area (Å²) >= 11 is 3.55. The number of benzene rings is 1. The number of halogens is 1. The lowest BCUT2D eigenvalue weighted by atomic mass is 9.94. The molecule has 100 valence electrons. The van der Waals surface area contributed by atoms with Gasteiger partial charge in [-0.05, 0) is 55.5 Å². The standard InChI is InChI=1S/C15H22BrNO/c1-3-17-14-6-4-5-11(14)9-12-10-13(16)7-8-15(12)18-2/h7-8,10-11,14,17H,3-6,9H2,1-2H3. The van der Waals surface area contributed by atoms with Crippen molar-refractivity contribution in [3.63, 3.8) is 0 Å². The van der Waals surface area contributed by atoms with Crippen molar-refractivity contribution in [3.8, 4) is 5.75 Å². The highest BCUT2D eigenvalue weighted by Crippen LogP contribution is 2.32. The van der Waals surface area contributed by atoms with E-state index in [1.54, 1.807) is 7.11 Å². The minimum atomic E-state index is 0.679. The van der Waals surface area contributed by atoms with Crippen molar-refractivity contribution < 1.29 is 4.74 Å². The van der Waals surface area contributed by atoms with Gasteiger partial charge in [-0.3, -0.25) is 0 Å². The molecule has 0 aliphatic heterocycles. The Balaban J connectivity index is 2.10. The first-order chi connectivity index (χ1) is 8.74. The second-order valence-corrected chi connectivity index (χ2v) is 5.93. The molecule has 1 saturated carbocycles. The van der Waals surface area contributed by atoms with Gasteiger partial charge in [-0.2, -0.15) is 0 Å². The molecule has 0 radical (unpaired) electrons. The zero-order chi connectivity index (χ0) is 13.0. The largest absolute Gasteiger partial charge is 0.496 e. The summed E-state index contributed by atoms with van der Waals surface area (Å²) in [7, 11) is 1.75. The Morgan fingerprint density at radius 3 is 2.94 bits per heavy atom. The highest BCUT2D eigenvalue weighted by Gasteiger charge is 2.27. The molecule has 1 aromatic carbocycles. The summed E-state index contributed by atoms with van der Waals surface area (Å²) in [6.07, 6.45) is 5.10. The lowest BCUT2D eigenvalue weighted by Gasteiger charge is -2.21. The molecular formula is C15H22BrNO. The Morgan fingerprint density at radius 2 is 2.22 bits per heavy atom. The summed E-state index contributed by atoms with van der Waals surface area (Å²) in [5, 5.41) is 3.61. The van der Waals surface area contributed by atoms with Crippen molar-refractivity contribution in [2.24, 2.45) is 5.92 Å². The van der Waals surface area contributed by atoms with Crippen molar-refractivity contribution in [1.82, 2.24) is 5.32 Å². The first kappa shape index (κ1) is 13.9. The van der Waals surface area contributed by atoms with Gasteiger partial charge in [-0.15, -0.1) is 0 Å². The second-order valence-electron chi connectivity index (χ2n) is 5.02. The van der Waals surface area contributed by atoms with E-state index in [1.807, 2.05) is 6.07 Å². The van der Waals surface area contributed by atoms with Gasteiger partial charge in [0.1, 0.15) is 5.75 Å². The van der Waals surface area contributed by atoms with Gasteiger partial charge < -0.3 is 10.1 Å². The maximum atomic E-state index is 5.46. The molecule has 0 saturated heterocycles. The van der Waals surface area contributed by atoms with Crippen LogP contribution in [0.1, 0.15) is 31.7 Å². The smallest absolute Gasteiger partial charge is 0.122 e. The Hall–Kier alpha value is -0.540. The molecule has 1 aromatic rings. The zero-order valence-corrected chi connectivity index (χ0v) is 12.8. The van der Waals surface area contributed by atoms with E-state index in [2.05, 4.69) is 40.3 Å². The van der Waals surface area contributed by atoms with E-state index >= 15 is 0 Å². The molecule has 1 aliphatic rings. The van der Waals surface area contributed by atoms with Crippen molar-refractivity contribution in [2.75, 3.05) is 13.7 Å². The van der Waals surface area contributed by atoms with Crippen molar-refractivity contribution in [1.29, 1.82) is 0 Å². The van der Waals surface area contributed by atoms with E-state index in [-0.39, 0.29) is 0 Å². The summed E-state index contributed by atoms with van der Waals surface area (Å²) in [6, 6.07) is 6.97. The van der Waals surface area contributed by atoms with Crippen LogP contribution in [0, 0.1) is 5.92 Å². The molecule has 0 spiro atoms. The van der Waals surface area contributed by atoms with Crippen molar-refractivity contribution in [3.05, 3.63) is 28.2 Å². The van der Waals surface area contributed by atoms with Gasteiger partial charge in [0.15, 0.2) is 0 Å². The van der Waals surface area contributed by atoms with Crippen molar-refractivity contribution in [2.45, 2.75) is 38.6 Å². The monoisotopic (exact) mass is 311 g/mol. The van der Waals surface area contributed by atoms with Gasteiger partial charge in [0, 0.05) is 10.5 Å². The van der Waals surface area contributed by atoms with E-state index in [9.17, 15) is 0 Å². The Labute approximate surface area is 118 Å². The summed E-state index contributed by atoms with van der Waals surface area (Å²) in [4.78, 5) is 0. The van der Waals surface area contributed by atoms with Crippen LogP contribution in [0.15, 0.2) is 22.7 Å². The van der Waals surface area contributed by atoms with Crippen LogP contribution in [0.3, 0.4) is 0 Å². The molecule has 0 amide bonds. The average molecular weight is 312 g/mol. The number of hydrogen-bond donors (Lipinski definition) is 1. The van der Waals surface area contributed by atoms with Crippen LogP contribution < -0.4 is 10.1 Å². The first-order valence-corrected chi connectivity index (χ1v) is 7.59. The summed E-state index contributed by atoms with van der Waals surface area (Å²) in [6.45, 7) is 3.26. The third kappa shape index (κ3) is 3.27. The van der Waals surface area contributed by atoms with Gasteiger partial charge in [0.05, 0.1) is 7.11 Å². The summed E-state index contributed by atoms with van der Waals surface area (Å²) < 4.78 is 6.60. The molecule has 1 aliphatic carbocycles. The zero-order valence-electron chi connectivity index (χ0n) is 11.2. The fourth-order valence-electron chi connectivity index (χ4n) is 3.00. The van der Waals surface area contributed by atoms with Gasteiger partial charge in [0.25, 0.3) is 0 Å². The third-order valence-electron chi connectivity index (χ3n) is 3.85. The molecule has 2 rings (SSSR count). The number of ether oxygens (including phenoxy) is 1. The lowest BCUT2D eigenvalue weighted by molar-refractivity contribution is 0.383. The second kappa shape index (κ2) is 6.58. The van der Waals surface area contributed by atoms with Gasteiger partial charge in [-0.1, -0.05) is 29.3 Å². The van der Waals surface area contributed by atoms with E-state index in [4.69, 9.17) is 4.74 Å². The van der Waals surface area contributed by atoms with Gasteiger partial charge in [0.2, 0.25) is 0 Å². The Kier molecular flexibility index (Phi) is 5.07. The molecule has 2 unspecified atom stereocenters. The fourth-order valence-corrected chi connectivity index (χ4v) is 3.41. The van der Waals surface area contributed by atoms with E-state index in [0.29, 0.717) is 6.04 Å². The predicted octanol–water partition coefficient (Wildman–Crippen LogP) is 3.78. The third-order valence-corrected chi connectivity index (χ3v) is 4.34. The maximum absolute atomic E-state index is 5.46. The number of nitrogens with one attached hydrogen (secondary N) is 1. The lowest BCUT2D eigenvalue weighted by Crippen LogP contribution is -2.33. The van der Waals surface area contributed by atoms with Gasteiger partial charge in [-0.25, -0.2) is 0 Å². The van der Waals surface area contributed by atoms with E-state index in [0.717, 1.165) is 29.1 Å². The molecule has 0 heterocycles. The first-order valence-electron chi connectivity index (χ1n) is 6.80. The van der Waals surface area contributed by atoms with Crippen LogP contribution in [0.2, 0.25) is 0 Å². The minimum absolute atomic E-state index is 0.679. The molecule has 0 bridgehead atoms. The Morgan fingerprint density at radius 1 is 1.39 bits per heavy atom. The van der Waals surface area contributed by atoms with Crippen molar-refractivity contribution >= 4 is 15.9 Å². The van der Waals surface area contributed by atoms with E-state index in [1.165, 1.54) is 24.8 Å². The fraction of sp³-hybridized carbons (Fsp3) is 0.600.